The summed E-state index contributed by atoms with van der Waals surface area (Å²) < 4.78 is 0. The number of benzene rings is 2. The standard InChI is InChI=1S/C22H17N3O2/c1-12-19(13(2)26)20(21-18(25-12)9-10-24-22(21)27)17-8-7-14(11-23)15-5-3-4-6-16(15)17/h3-10,20,25H,1-2H3,(H,24,27). The van der Waals surface area contributed by atoms with E-state index in [1.165, 1.54) is 6.92 Å². The van der Waals surface area contributed by atoms with Gasteiger partial charge in [0.25, 0.3) is 5.56 Å². The highest BCUT2D eigenvalue weighted by atomic mass is 16.1. The van der Waals surface area contributed by atoms with Crippen LogP contribution >= 0.6 is 0 Å². The number of aromatic nitrogens is 1. The van der Waals surface area contributed by atoms with Crippen molar-refractivity contribution < 1.29 is 4.79 Å². The van der Waals surface area contributed by atoms with Crippen LogP contribution in [0, 0.1) is 11.3 Å². The number of rotatable bonds is 2. The van der Waals surface area contributed by atoms with E-state index < -0.39 is 5.92 Å². The fourth-order valence-corrected chi connectivity index (χ4v) is 3.97. The lowest BCUT2D eigenvalue weighted by molar-refractivity contribution is -0.113. The highest BCUT2D eigenvalue weighted by molar-refractivity contribution is 6.00. The lowest BCUT2D eigenvalue weighted by atomic mass is 9.78. The van der Waals surface area contributed by atoms with Crippen LogP contribution in [0.1, 0.15) is 36.5 Å². The van der Waals surface area contributed by atoms with Gasteiger partial charge in [0.05, 0.1) is 17.2 Å². The maximum Gasteiger partial charge on any atom is 0.254 e. The second kappa shape index (κ2) is 6.26. The van der Waals surface area contributed by atoms with E-state index >= 15 is 0 Å². The summed E-state index contributed by atoms with van der Waals surface area (Å²) in [4.78, 5) is 27.9. The molecule has 2 aromatic carbocycles. The first-order valence-corrected chi connectivity index (χ1v) is 8.65. The predicted octanol–water partition coefficient (Wildman–Crippen LogP) is 3.82. The Labute approximate surface area is 156 Å². The summed E-state index contributed by atoms with van der Waals surface area (Å²) in [5.74, 6) is -0.589. The molecule has 27 heavy (non-hydrogen) atoms. The summed E-state index contributed by atoms with van der Waals surface area (Å²) in [6, 6.07) is 15.2. The van der Waals surface area contributed by atoms with Gasteiger partial charge in [0.15, 0.2) is 5.78 Å². The monoisotopic (exact) mass is 355 g/mol. The van der Waals surface area contributed by atoms with Crippen LogP contribution in [-0.2, 0) is 4.79 Å². The van der Waals surface area contributed by atoms with Crippen molar-refractivity contribution in [1.82, 2.24) is 4.98 Å². The van der Waals surface area contributed by atoms with Crippen LogP contribution in [-0.4, -0.2) is 10.8 Å². The summed E-state index contributed by atoms with van der Waals surface area (Å²) in [6.45, 7) is 3.36. The fraction of sp³-hybridized carbons (Fsp3) is 0.136. The van der Waals surface area contributed by atoms with Crippen molar-refractivity contribution in [1.29, 1.82) is 5.26 Å². The zero-order chi connectivity index (χ0) is 19.1. The highest BCUT2D eigenvalue weighted by Gasteiger charge is 2.33. The number of ketones is 1. The number of anilines is 1. The number of nitriles is 1. The fourth-order valence-electron chi connectivity index (χ4n) is 3.97. The third kappa shape index (κ3) is 2.54. The Kier molecular flexibility index (Phi) is 3.89. The maximum absolute atomic E-state index is 12.7. The molecule has 3 aromatic rings. The number of H-pyrrole nitrogens is 1. The topological polar surface area (TPSA) is 85.8 Å². The first kappa shape index (κ1) is 16.8. The van der Waals surface area contributed by atoms with Gasteiger partial charge < -0.3 is 10.3 Å². The molecule has 0 aliphatic carbocycles. The number of fused-ring (bicyclic) bond motifs is 2. The molecule has 0 saturated heterocycles. The molecule has 0 saturated carbocycles. The lowest BCUT2D eigenvalue weighted by Gasteiger charge is -2.30. The van der Waals surface area contributed by atoms with E-state index in [1.54, 1.807) is 18.3 Å². The second-order valence-electron chi connectivity index (χ2n) is 6.65. The summed E-state index contributed by atoms with van der Waals surface area (Å²) in [6.07, 6.45) is 1.59. The number of aromatic amines is 1. The Morgan fingerprint density at radius 2 is 1.85 bits per heavy atom. The number of nitrogens with one attached hydrogen (secondary N) is 2. The van der Waals surface area contributed by atoms with Crippen molar-refractivity contribution in [3.05, 3.63) is 87.0 Å². The first-order valence-electron chi connectivity index (χ1n) is 8.65. The van der Waals surface area contributed by atoms with Gasteiger partial charge in [-0.15, -0.1) is 0 Å². The summed E-state index contributed by atoms with van der Waals surface area (Å²) in [5, 5.41) is 14.3. The van der Waals surface area contributed by atoms with Crippen molar-refractivity contribution in [2.24, 2.45) is 0 Å². The average molecular weight is 355 g/mol. The van der Waals surface area contributed by atoms with E-state index in [2.05, 4.69) is 16.4 Å². The Bertz CT molecular complexity index is 1230. The molecule has 1 unspecified atom stereocenters. The largest absolute Gasteiger partial charge is 0.358 e. The molecule has 0 radical (unpaired) electrons. The molecule has 5 heteroatoms. The number of nitrogens with zero attached hydrogens (tertiary/aromatic N) is 1. The van der Waals surface area contributed by atoms with E-state index in [-0.39, 0.29) is 11.3 Å². The second-order valence-corrected chi connectivity index (χ2v) is 6.65. The number of Topliss-reactive ketones (excluding diaryl/α,β-unsaturated/α-hetero) is 1. The van der Waals surface area contributed by atoms with Crippen molar-refractivity contribution in [2.45, 2.75) is 19.8 Å². The smallest absolute Gasteiger partial charge is 0.254 e. The van der Waals surface area contributed by atoms with E-state index in [1.807, 2.05) is 37.3 Å². The van der Waals surface area contributed by atoms with Gasteiger partial charge in [-0.05, 0) is 42.3 Å². The molecule has 1 aliphatic heterocycles. The number of hydrogen-bond donors (Lipinski definition) is 2. The van der Waals surface area contributed by atoms with E-state index in [0.29, 0.717) is 22.4 Å². The third-order valence-corrected chi connectivity index (χ3v) is 5.07. The molecule has 0 amide bonds. The van der Waals surface area contributed by atoms with Crippen LogP contribution in [0.3, 0.4) is 0 Å². The minimum atomic E-state index is -0.499. The molecule has 0 spiro atoms. The van der Waals surface area contributed by atoms with Crippen LogP contribution in [0.25, 0.3) is 10.8 Å². The number of allylic oxidation sites excluding steroid dienone is 2. The number of carbonyl (C=O) groups excluding carboxylic acids is 1. The third-order valence-electron chi connectivity index (χ3n) is 5.07. The number of hydrogen-bond acceptors (Lipinski definition) is 4. The van der Waals surface area contributed by atoms with Gasteiger partial charge in [-0.2, -0.15) is 5.26 Å². The van der Waals surface area contributed by atoms with Gasteiger partial charge in [0.2, 0.25) is 0 Å². The molecule has 2 heterocycles. The summed E-state index contributed by atoms with van der Waals surface area (Å²) >= 11 is 0. The van der Waals surface area contributed by atoms with Crippen molar-refractivity contribution >= 4 is 22.2 Å². The zero-order valence-electron chi connectivity index (χ0n) is 15.0. The van der Waals surface area contributed by atoms with Gasteiger partial charge in [-0.25, -0.2) is 0 Å². The molecule has 4 rings (SSSR count). The quantitative estimate of drug-likeness (QED) is 0.732. The molecule has 0 bridgehead atoms. The molecule has 1 aliphatic rings. The van der Waals surface area contributed by atoms with Gasteiger partial charge in [-0.1, -0.05) is 30.3 Å². The van der Waals surface area contributed by atoms with Gasteiger partial charge in [-0.3, -0.25) is 9.59 Å². The summed E-state index contributed by atoms with van der Waals surface area (Å²) in [7, 11) is 0. The van der Waals surface area contributed by atoms with Crippen LogP contribution < -0.4 is 10.9 Å². The average Bonchev–Trinajstić information content (AvgIpc) is 2.66. The van der Waals surface area contributed by atoms with Crippen molar-refractivity contribution in [2.75, 3.05) is 5.32 Å². The molecular weight excluding hydrogens is 338 g/mol. The van der Waals surface area contributed by atoms with Crippen LogP contribution in [0.2, 0.25) is 0 Å². The van der Waals surface area contributed by atoms with Gasteiger partial charge in [0.1, 0.15) is 0 Å². The molecule has 1 aromatic heterocycles. The Morgan fingerprint density at radius 1 is 1.11 bits per heavy atom. The zero-order valence-corrected chi connectivity index (χ0v) is 15.0. The van der Waals surface area contributed by atoms with Gasteiger partial charge in [0, 0.05) is 29.1 Å². The maximum atomic E-state index is 12.7. The van der Waals surface area contributed by atoms with E-state index in [0.717, 1.165) is 22.0 Å². The van der Waals surface area contributed by atoms with Crippen LogP contribution in [0.15, 0.2) is 64.7 Å². The minimum absolute atomic E-state index is 0.0904. The van der Waals surface area contributed by atoms with Crippen molar-refractivity contribution in [3.8, 4) is 6.07 Å². The van der Waals surface area contributed by atoms with Gasteiger partial charge >= 0.3 is 0 Å². The van der Waals surface area contributed by atoms with Crippen molar-refractivity contribution in [3.63, 3.8) is 0 Å². The summed E-state index contributed by atoms with van der Waals surface area (Å²) in [5.41, 5.74) is 3.68. The molecule has 0 fully saturated rings. The highest BCUT2D eigenvalue weighted by Crippen LogP contribution is 2.42. The van der Waals surface area contributed by atoms with E-state index in [9.17, 15) is 14.9 Å². The SMILES string of the molecule is CC(=O)C1=C(C)Nc2cc[nH]c(=O)c2C1c1ccc(C#N)c2ccccc12. The molecule has 132 valence electrons. The number of carbonyl (C=O) groups is 1. The Hall–Kier alpha value is -3.65. The first-order chi connectivity index (χ1) is 13.0. The molecule has 1 atom stereocenters. The Balaban J connectivity index is 2.12. The predicted molar refractivity (Wildman–Crippen MR) is 105 cm³/mol. The Morgan fingerprint density at radius 3 is 2.56 bits per heavy atom. The lowest BCUT2D eigenvalue weighted by Crippen LogP contribution is -2.28. The molecule has 5 nitrogen and oxygen atoms in total. The minimum Gasteiger partial charge on any atom is -0.358 e. The van der Waals surface area contributed by atoms with Crippen LogP contribution in [0.4, 0.5) is 5.69 Å². The van der Waals surface area contributed by atoms with Crippen LogP contribution in [0.5, 0.6) is 0 Å². The molecule has 2 N–H and O–H groups in total. The van der Waals surface area contributed by atoms with E-state index in [4.69, 9.17) is 0 Å². The number of pyridine rings is 1. The normalized spacial score (nSPS) is 15.8. The molecular formula is C22H17N3O2.